The minimum absolute atomic E-state index is 0. The second kappa shape index (κ2) is 16.9. The number of carbonyl (C=O) groups excluding carboxylic acids is 1. The van der Waals surface area contributed by atoms with Crippen molar-refractivity contribution in [1.29, 1.82) is 0 Å². The molecule has 8 atom stereocenters. The van der Waals surface area contributed by atoms with E-state index in [0.717, 1.165) is 56.3 Å². The van der Waals surface area contributed by atoms with Crippen LogP contribution in [0.5, 0.6) is 0 Å². The molecule has 2 fully saturated rings. The van der Waals surface area contributed by atoms with Crippen molar-refractivity contribution in [3.63, 3.8) is 0 Å². The summed E-state index contributed by atoms with van der Waals surface area (Å²) in [4.78, 5) is 11.7. The molecule has 45 heavy (non-hydrogen) atoms. The molecule has 0 amide bonds. The molecule has 1 radical (unpaired) electrons. The van der Waals surface area contributed by atoms with Gasteiger partial charge in [0, 0.05) is 62.1 Å². The third kappa shape index (κ3) is 9.34. The fourth-order valence-corrected chi connectivity index (χ4v) is 8.93. The van der Waals surface area contributed by atoms with Crippen LogP contribution in [-0.4, -0.2) is 39.8 Å². The van der Waals surface area contributed by atoms with Gasteiger partial charge in [0.15, 0.2) is 5.78 Å². The number of ether oxygens (including phenoxy) is 1. The number of allylic oxidation sites excluding steroid dienone is 3. The Morgan fingerprint density at radius 2 is 1.91 bits per heavy atom. The van der Waals surface area contributed by atoms with Gasteiger partial charge in [-0.25, -0.2) is 6.42 Å². The van der Waals surface area contributed by atoms with Gasteiger partial charge < -0.3 is 15.2 Å². The number of aliphatic hydroxyl groups is 1. The summed E-state index contributed by atoms with van der Waals surface area (Å²) in [5, 5.41) is 18.1. The molecular weight excluding hydrogens is 757 g/mol. The predicted octanol–water partition coefficient (Wildman–Crippen LogP) is 9.83. The Hall–Kier alpha value is -0.981. The Morgan fingerprint density at radius 3 is 2.53 bits per heavy atom. The number of fused-ring (bicyclic) bond motifs is 4. The average Bonchev–Trinajstić information content (AvgIpc) is 3.58. The van der Waals surface area contributed by atoms with Crippen molar-refractivity contribution in [2.45, 2.75) is 142 Å². The summed E-state index contributed by atoms with van der Waals surface area (Å²) in [6.07, 6.45) is 14.5. The van der Waals surface area contributed by atoms with Crippen LogP contribution in [0.4, 0.5) is 0 Å². The Morgan fingerprint density at radius 1 is 1.22 bits per heavy atom. The van der Waals surface area contributed by atoms with Gasteiger partial charge in [0.25, 0.3) is 0 Å². The maximum Gasteiger partial charge on any atom is 0.162 e. The van der Waals surface area contributed by atoms with Crippen molar-refractivity contribution in [3.8, 4) is 0 Å². The molecule has 0 aromatic heterocycles. The molecule has 5 rings (SSSR count). The fourth-order valence-electron chi connectivity index (χ4n) is 7.15. The van der Waals surface area contributed by atoms with Gasteiger partial charge in [0.1, 0.15) is 6.23 Å². The maximum atomic E-state index is 11.7. The van der Waals surface area contributed by atoms with E-state index in [0.29, 0.717) is 0 Å². The van der Waals surface area contributed by atoms with Crippen LogP contribution in [0.3, 0.4) is 0 Å². The van der Waals surface area contributed by atoms with Crippen LogP contribution >= 0.6 is 11.8 Å². The number of aliphatic hydroxyl groups excluding tert-OH is 1. The van der Waals surface area contributed by atoms with E-state index in [1.165, 1.54) is 11.6 Å². The number of nitrogens with zero attached hydrogens (tertiary/aromatic N) is 1. The molecule has 257 valence electrons. The van der Waals surface area contributed by atoms with Crippen LogP contribution in [-0.2, 0) is 29.6 Å². The SMILES string of the molecule is CCC(CC)C(=O)/C=C(\O)C(CC)CC.[2H]C([2H])([2H])[C@@H]1C=CC2C(N1)OC1=C([C@H]3CC=C4C([N-]3)S[C@H](C([2H])([2H])C(C)(C)C)[C@@H]4C)[CH-]CC[C@H]12.[Ir]. The molecule has 2 N–H and O–H groups in total. The number of thioether (sulfide) groups is 1. The predicted molar refractivity (Wildman–Crippen MR) is 186 cm³/mol. The topological polar surface area (TPSA) is 72.7 Å². The third-order valence-electron chi connectivity index (χ3n) is 9.85. The quantitative estimate of drug-likeness (QED) is 0.105. The molecule has 5 aliphatic rings. The van der Waals surface area contributed by atoms with Crippen molar-refractivity contribution in [3.05, 3.63) is 58.7 Å². The first-order valence-corrected chi connectivity index (χ1v) is 18.0. The molecule has 1 aliphatic carbocycles. The Bertz CT molecular complexity index is 1300. The van der Waals surface area contributed by atoms with Crippen molar-refractivity contribution in [2.24, 2.45) is 35.0 Å². The van der Waals surface area contributed by atoms with Crippen molar-refractivity contribution in [2.75, 3.05) is 0 Å². The number of hydrogen-bond acceptors (Lipinski definition) is 5. The van der Waals surface area contributed by atoms with E-state index in [4.69, 9.17) is 16.9 Å². The minimum Gasteiger partial charge on any atom is -0.643 e. The van der Waals surface area contributed by atoms with Gasteiger partial charge in [0.05, 0.1) is 5.76 Å². The summed E-state index contributed by atoms with van der Waals surface area (Å²) >= 11 is 1.68. The molecule has 0 bridgehead atoms. The number of carbonyl (C=O) groups is 1. The van der Waals surface area contributed by atoms with Crippen LogP contribution in [0.25, 0.3) is 5.32 Å². The van der Waals surface area contributed by atoms with Gasteiger partial charge in [-0.15, -0.1) is 12.5 Å². The van der Waals surface area contributed by atoms with Crippen LogP contribution < -0.4 is 5.32 Å². The van der Waals surface area contributed by atoms with Crippen LogP contribution in [0, 0.1) is 41.4 Å². The molecule has 2 saturated heterocycles. The van der Waals surface area contributed by atoms with E-state index in [1.54, 1.807) is 17.8 Å². The number of nitrogens with one attached hydrogen (secondary N) is 1. The van der Waals surface area contributed by atoms with Gasteiger partial charge >= 0.3 is 0 Å². The number of rotatable bonds is 9. The molecule has 0 spiro atoms. The molecule has 3 unspecified atom stereocenters. The first-order valence-electron chi connectivity index (χ1n) is 19.6. The van der Waals surface area contributed by atoms with Crippen LogP contribution in [0.15, 0.2) is 47.0 Å². The zero-order valence-corrected chi connectivity index (χ0v) is 31.8. The molecule has 4 aliphatic heterocycles. The molecule has 7 heteroatoms. The fraction of sp³-hybridized carbons (Fsp3) is 0.737. The minimum atomic E-state index is -2.09. The van der Waals surface area contributed by atoms with Crippen molar-refractivity contribution >= 4 is 17.5 Å². The molecular formula is C38H60IrN2O3S-2. The Labute approximate surface area is 299 Å². The molecule has 0 aromatic rings. The van der Waals surface area contributed by atoms with Crippen molar-refractivity contribution in [1.82, 2.24) is 5.32 Å². The first-order chi connectivity index (χ1) is 22.9. The summed E-state index contributed by atoms with van der Waals surface area (Å²) in [5.74, 6) is 2.09. The van der Waals surface area contributed by atoms with Gasteiger partial charge in [-0.2, -0.15) is 17.3 Å². The summed E-state index contributed by atoms with van der Waals surface area (Å²) in [7, 11) is 0. The smallest absolute Gasteiger partial charge is 0.162 e. The zero-order valence-electron chi connectivity index (χ0n) is 33.6. The Balaban J connectivity index is 0.000000361. The normalized spacial score (nSPS) is 34.7. The van der Waals surface area contributed by atoms with Gasteiger partial charge in [0.2, 0.25) is 0 Å². The third-order valence-corrected chi connectivity index (χ3v) is 11.3. The summed E-state index contributed by atoms with van der Waals surface area (Å²) < 4.78 is 47.4. The van der Waals surface area contributed by atoms with Crippen LogP contribution in [0.1, 0.15) is 120 Å². The number of hydrogen-bond donors (Lipinski definition) is 2. The van der Waals surface area contributed by atoms with E-state index in [9.17, 15) is 9.90 Å². The van der Waals surface area contributed by atoms with E-state index >= 15 is 0 Å². The van der Waals surface area contributed by atoms with Gasteiger partial charge in [-0.3, -0.25) is 10.1 Å². The van der Waals surface area contributed by atoms with Gasteiger partial charge in [-0.1, -0.05) is 91.0 Å². The number of ketones is 1. The second-order valence-electron chi connectivity index (χ2n) is 14.0. The monoisotopic (exact) mass is 822 g/mol. The van der Waals surface area contributed by atoms with E-state index < -0.39 is 24.7 Å². The summed E-state index contributed by atoms with van der Waals surface area (Å²) in [6, 6.07) is -0.675. The van der Waals surface area contributed by atoms with Crippen LogP contribution in [0.2, 0.25) is 0 Å². The molecule has 0 aromatic carbocycles. The first kappa shape index (κ1) is 31.3. The van der Waals surface area contributed by atoms with E-state index in [1.807, 2.05) is 54.5 Å². The Kier molecular flexibility index (Phi) is 11.8. The summed E-state index contributed by atoms with van der Waals surface area (Å²) in [6.45, 7) is 14.1. The molecule has 5 nitrogen and oxygen atoms in total. The zero-order chi connectivity index (χ0) is 36.5. The molecule has 0 saturated carbocycles. The summed E-state index contributed by atoms with van der Waals surface area (Å²) in [5.41, 5.74) is 1.98. The van der Waals surface area contributed by atoms with E-state index in [-0.39, 0.29) is 84.1 Å². The van der Waals surface area contributed by atoms with Crippen molar-refractivity contribution < 1.29 is 41.6 Å². The standard InChI is InChI=1S/C25H36N2OS.C13H24O2.Ir/c1-14-9-10-18-17-7-6-8-19(22(17)28-23(18)26-14)20-12-11-16-15(2)21(13-25(3,4)5)29-24(16)27-20;1-5-10(6-2)12(14)9-13(15)11(7-3)8-4;/h8-11,14-15,17-18,20-21,23-24,26H,6-7,12-13H2,1-5H3;9-11,14H,5-8H2,1-4H3;/q-2;;/b;12-9-;/t14-,15-,17+,18?,20-,21-,23?,24?;;/m1../s1/i1D3,13D2;;. The largest absolute Gasteiger partial charge is 0.643 e. The van der Waals surface area contributed by atoms with E-state index in [2.05, 4.69) is 24.7 Å². The second-order valence-corrected chi connectivity index (χ2v) is 15.3. The average molecular weight is 822 g/mol. The van der Waals surface area contributed by atoms with Gasteiger partial charge in [-0.05, 0) is 68.3 Å². The molecule has 4 heterocycles. The maximum absolute atomic E-state index is 11.7.